The van der Waals surface area contributed by atoms with Gasteiger partial charge >= 0.3 is 18.1 Å². The molecular formula is C45H47F4N3O8S5. The molecule has 0 atom stereocenters. The molecule has 65 heavy (non-hydrogen) atoms. The highest BCUT2D eigenvalue weighted by molar-refractivity contribution is 7.93. The molecule has 7 rings (SSSR count). The van der Waals surface area contributed by atoms with Crippen LogP contribution in [0.5, 0.6) is 0 Å². The summed E-state index contributed by atoms with van der Waals surface area (Å²) in [6.45, 7) is 5.27. The fourth-order valence-electron chi connectivity index (χ4n) is 6.53. The lowest BCUT2D eigenvalue weighted by Gasteiger charge is -2.24. The van der Waals surface area contributed by atoms with Crippen LogP contribution in [0.1, 0.15) is 53.5 Å². The minimum atomic E-state index is -4.92. The van der Waals surface area contributed by atoms with Crippen molar-refractivity contribution >= 4 is 111 Å². The van der Waals surface area contributed by atoms with Crippen molar-refractivity contribution in [2.75, 3.05) is 40.5 Å². The first-order chi connectivity index (χ1) is 30.7. The number of carbonyl (C=O) groups is 2. The van der Waals surface area contributed by atoms with E-state index in [0.717, 1.165) is 41.1 Å². The van der Waals surface area contributed by atoms with Gasteiger partial charge in [-0.2, -0.15) is 13.2 Å². The number of nitrogens with two attached hydrogens (primary N) is 1. The Morgan fingerprint density at radius 2 is 1.18 bits per heavy atom. The number of nitrogen functional groups attached to an aromatic ring is 1. The number of hydrogen-bond acceptors (Lipinski definition) is 12. The molecule has 348 valence electrons. The summed E-state index contributed by atoms with van der Waals surface area (Å²) in [6, 6.07) is 25.7. The zero-order chi connectivity index (χ0) is 47.7. The topological polar surface area (TPSA) is 162 Å². The zero-order valence-corrected chi connectivity index (χ0v) is 40.0. The number of nitrogens with one attached hydrogen (secondary N) is 1. The number of halogens is 4. The Bertz CT molecular complexity index is 3020. The van der Waals surface area contributed by atoms with Gasteiger partial charge in [0.2, 0.25) is 20.0 Å². The van der Waals surface area contributed by atoms with Crippen LogP contribution in [-0.4, -0.2) is 54.5 Å². The molecule has 0 radical (unpaired) electrons. The molecule has 0 unspecified atom stereocenters. The Labute approximate surface area is 386 Å². The van der Waals surface area contributed by atoms with Crippen LogP contribution in [0, 0.1) is 26.6 Å². The van der Waals surface area contributed by atoms with Crippen LogP contribution < -0.4 is 14.8 Å². The predicted octanol–water partition coefficient (Wildman–Crippen LogP) is 11.4. The van der Waals surface area contributed by atoms with Crippen molar-refractivity contribution in [3.05, 3.63) is 125 Å². The van der Waals surface area contributed by atoms with Gasteiger partial charge < -0.3 is 15.2 Å². The van der Waals surface area contributed by atoms with Gasteiger partial charge in [-0.1, -0.05) is 60.7 Å². The third-order valence-electron chi connectivity index (χ3n) is 10.0. The lowest BCUT2D eigenvalue weighted by molar-refractivity contribution is -0.141. The molecule has 0 aliphatic rings. The molecule has 0 amide bonds. The summed E-state index contributed by atoms with van der Waals surface area (Å²) in [6.07, 6.45) is -4.72. The zero-order valence-electron chi connectivity index (χ0n) is 36.0. The maximum Gasteiger partial charge on any atom is 0.419 e. The molecule has 7 aromatic rings. The summed E-state index contributed by atoms with van der Waals surface area (Å²) in [5, 5.41) is 5.08. The summed E-state index contributed by atoms with van der Waals surface area (Å²) < 4.78 is 120. The average molecular weight is 994 g/mol. The number of ether oxygens (including phenoxy) is 2. The molecule has 0 aliphatic carbocycles. The number of sulfonamides is 2. The van der Waals surface area contributed by atoms with E-state index < -0.39 is 61.8 Å². The van der Waals surface area contributed by atoms with Crippen LogP contribution >= 0.6 is 34.0 Å². The average Bonchev–Trinajstić information content (AvgIpc) is 3.87. The number of benzene rings is 4. The summed E-state index contributed by atoms with van der Waals surface area (Å²) >= 11 is 4.26. The van der Waals surface area contributed by atoms with Crippen molar-refractivity contribution in [3.8, 4) is 0 Å². The Hall–Kier alpha value is -5.28. The number of thiophene rings is 3. The Morgan fingerprint density at radius 3 is 1.69 bits per heavy atom. The normalized spacial score (nSPS) is 11.7. The second kappa shape index (κ2) is 21.8. The highest BCUT2D eigenvalue weighted by Gasteiger charge is 2.35. The van der Waals surface area contributed by atoms with Gasteiger partial charge in [-0.05, 0) is 102 Å². The number of nitrogens with zero attached hydrogens (tertiary/aromatic N) is 1. The molecule has 3 N–H and O–H groups in total. The van der Waals surface area contributed by atoms with Crippen LogP contribution in [0.4, 0.5) is 32.6 Å². The first-order valence-electron chi connectivity index (χ1n) is 19.9. The summed E-state index contributed by atoms with van der Waals surface area (Å²) in [5.41, 5.74) is 7.09. The van der Waals surface area contributed by atoms with Crippen molar-refractivity contribution in [2.24, 2.45) is 0 Å². The van der Waals surface area contributed by atoms with Gasteiger partial charge in [0.05, 0.1) is 42.8 Å². The number of methoxy groups -OCH3 is 2. The van der Waals surface area contributed by atoms with E-state index in [9.17, 15) is 44.0 Å². The standard InChI is InChI=1S/C22H21F4NO4S2.C14H17NO4S2.C9H9NS/c1-14-16-6-3-4-7-19(16)32-21(14)27(33(29,30)11-5-8-20(28)31-2)13-15-9-10-18(23)17(12-15)22(24,25)26;1-10-11-6-3-4-7-12(11)20-14(10)15-21(17,18)9-5-8-13(16)19-2;1-6-7-4-2-3-5-8(7)11-9(6)10/h3-4,6-7,9-10,12H,5,8,11,13H2,1-2H3;3-4,6-7,15H,5,8-9H2,1-2H3;2-5H,10H2,1H3. The Morgan fingerprint density at radius 1 is 0.692 bits per heavy atom. The molecule has 4 aromatic carbocycles. The number of alkyl halides is 3. The number of carbonyl (C=O) groups excluding carboxylic acids is 2. The van der Waals surface area contributed by atoms with E-state index in [-0.39, 0.29) is 37.0 Å². The van der Waals surface area contributed by atoms with Crippen LogP contribution in [0.15, 0.2) is 91.0 Å². The predicted molar refractivity (Wildman–Crippen MR) is 255 cm³/mol. The van der Waals surface area contributed by atoms with Gasteiger partial charge in [-0.15, -0.1) is 34.0 Å². The molecule has 3 heterocycles. The second-order valence-corrected chi connectivity index (χ2v) is 21.6. The van der Waals surface area contributed by atoms with E-state index in [1.54, 1.807) is 30.4 Å². The molecular weight excluding hydrogens is 947 g/mol. The molecule has 20 heteroatoms. The number of anilines is 3. The largest absolute Gasteiger partial charge is 0.469 e. The SMILES string of the molecule is COC(=O)CCCS(=O)(=O)N(Cc1ccc(F)c(C(F)(F)F)c1)c1sc2ccccc2c1C.COC(=O)CCCS(=O)(=O)Nc1sc2ccccc2c1C.Cc1c(N)sc2ccccc12. The van der Waals surface area contributed by atoms with Crippen LogP contribution in [-0.2, 0) is 51.8 Å². The van der Waals surface area contributed by atoms with Crippen molar-refractivity contribution < 1.29 is 53.5 Å². The second-order valence-electron chi connectivity index (χ2n) is 14.6. The van der Waals surface area contributed by atoms with Gasteiger partial charge in [-0.3, -0.25) is 18.6 Å². The molecule has 3 aromatic heterocycles. The number of esters is 2. The molecule has 0 fully saturated rings. The number of hydrogen-bond donors (Lipinski definition) is 2. The molecule has 0 aliphatic heterocycles. The molecule has 0 saturated heterocycles. The van der Waals surface area contributed by atoms with Crippen molar-refractivity contribution in [1.29, 1.82) is 0 Å². The fourth-order valence-corrected chi connectivity index (χ4v) is 13.1. The van der Waals surface area contributed by atoms with Crippen molar-refractivity contribution in [3.63, 3.8) is 0 Å². The Balaban J connectivity index is 0.000000209. The van der Waals surface area contributed by atoms with Gasteiger partial charge in [0.15, 0.2) is 0 Å². The number of fused-ring (bicyclic) bond motifs is 3. The quantitative estimate of drug-likeness (QED) is 0.0798. The third kappa shape index (κ3) is 13.2. The summed E-state index contributed by atoms with van der Waals surface area (Å²) in [7, 11) is -5.02. The molecule has 0 bridgehead atoms. The number of aryl methyl sites for hydroxylation is 3. The van der Waals surface area contributed by atoms with Crippen LogP contribution in [0.2, 0.25) is 0 Å². The minimum absolute atomic E-state index is 0.0166. The maximum absolute atomic E-state index is 13.7. The highest BCUT2D eigenvalue weighted by Crippen LogP contribution is 2.41. The summed E-state index contributed by atoms with van der Waals surface area (Å²) in [5.74, 6) is -2.91. The van der Waals surface area contributed by atoms with Gasteiger partial charge in [0.1, 0.15) is 15.8 Å². The summed E-state index contributed by atoms with van der Waals surface area (Å²) in [4.78, 5) is 22.4. The third-order valence-corrected chi connectivity index (χ3v) is 17.0. The number of rotatable bonds is 14. The molecule has 0 saturated carbocycles. The fraction of sp³-hybridized carbons (Fsp3) is 0.289. The van der Waals surface area contributed by atoms with Gasteiger partial charge in [0, 0.05) is 26.9 Å². The lowest BCUT2D eigenvalue weighted by Crippen LogP contribution is -2.33. The first kappa shape index (κ1) is 50.7. The smallest absolute Gasteiger partial charge is 0.419 e. The van der Waals surface area contributed by atoms with E-state index in [2.05, 4.69) is 33.3 Å². The highest BCUT2D eigenvalue weighted by atomic mass is 32.2. The van der Waals surface area contributed by atoms with E-state index in [0.29, 0.717) is 27.7 Å². The van der Waals surface area contributed by atoms with E-state index >= 15 is 0 Å². The maximum atomic E-state index is 13.7. The van der Waals surface area contributed by atoms with E-state index in [1.165, 1.54) is 52.5 Å². The first-order valence-corrected chi connectivity index (χ1v) is 25.6. The van der Waals surface area contributed by atoms with Crippen LogP contribution in [0.3, 0.4) is 0 Å². The molecule has 0 spiro atoms. The van der Waals surface area contributed by atoms with E-state index in [1.807, 2.05) is 55.5 Å². The monoisotopic (exact) mass is 993 g/mol. The minimum Gasteiger partial charge on any atom is -0.469 e. The van der Waals surface area contributed by atoms with Crippen LogP contribution in [0.25, 0.3) is 30.3 Å². The van der Waals surface area contributed by atoms with Gasteiger partial charge in [0.25, 0.3) is 0 Å². The van der Waals surface area contributed by atoms with E-state index in [4.69, 9.17) is 5.73 Å². The van der Waals surface area contributed by atoms with Crippen molar-refractivity contribution in [2.45, 2.75) is 59.2 Å². The molecule has 11 nitrogen and oxygen atoms in total. The van der Waals surface area contributed by atoms with Gasteiger partial charge in [-0.25, -0.2) is 21.2 Å². The Kier molecular flexibility index (Phi) is 17.0. The lowest BCUT2D eigenvalue weighted by atomic mass is 10.1. The van der Waals surface area contributed by atoms with Crippen molar-refractivity contribution in [1.82, 2.24) is 0 Å².